The molecule has 0 aromatic heterocycles. The zero-order valence-electron chi connectivity index (χ0n) is 23.6. The summed E-state index contributed by atoms with van der Waals surface area (Å²) in [6.45, 7) is 4.31. The van der Waals surface area contributed by atoms with Gasteiger partial charge in [0.1, 0.15) is 6.04 Å². The van der Waals surface area contributed by atoms with Gasteiger partial charge >= 0.3 is 5.97 Å². The van der Waals surface area contributed by atoms with Crippen LogP contribution < -0.4 is 0 Å². The minimum atomic E-state index is -0.720. The molecule has 3 atom stereocenters. The van der Waals surface area contributed by atoms with Gasteiger partial charge in [0.25, 0.3) is 0 Å². The van der Waals surface area contributed by atoms with E-state index in [4.69, 9.17) is 0 Å². The Kier molecular flexibility index (Phi) is 9.69. The van der Waals surface area contributed by atoms with Crippen LogP contribution in [-0.4, -0.2) is 70.3 Å². The third-order valence-corrected chi connectivity index (χ3v) is 9.20. The number of nitrogens with zero attached hydrogens (tertiary/aromatic N) is 2. The highest BCUT2D eigenvalue weighted by Gasteiger charge is 2.41. The van der Waals surface area contributed by atoms with Gasteiger partial charge in [-0.25, -0.2) is 0 Å². The Hall–Kier alpha value is -2.99. The topological polar surface area (TPSA) is 64.0 Å². The number of carboxylic acids is 1. The van der Waals surface area contributed by atoms with Gasteiger partial charge in [0, 0.05) is 38.6 Å². The monoisotopic (exact) mass is 540 g/mol. The number of rotatable bonds is 12. The summed E-state index contributed by atoms with van der Waals surface area (Å²) >= 11 is 0. The standard InChI is InChI=1S/C35H44N2O3/c38-34(39)33(19-18-29-13-6-2-7-14-29)37-26-31(32(27-37)30-16-8-3-9-17-30)25-36-23-21-35(40,22-24-36)20-10-15-28-11-4-1-5-12-28/h1-9,11-14,16-17,31-33,40H,10,15,18-27H2,(H,38,39)/t31-,32+,33?/m0/s1. The molecule has 0 amide bonds. The Morgan fingerprint density at radius 3 is 2.00 bits per heavy atom. The van der Waals surface area contributed by atoms with Crippen molar-refractivity contribution in [2.75, 3.05) is 32.7 Å². The van der Waals surface area contributed by atoms with E-state index < -0.39 is 17.6 Å². The second-order valence-electron chi connectivity index (χ2n) is 12.0. The molecule has 0 bridgehead atoms. The first-order chi connectivity index (χ1) is 19.5. The van der Waals surface area contributed by atoms with Gasteiger partial charge < -0.3 is 15.1 Å². The predicted molar refractivity (Wildman–Crippen MR) is 160 cm³/mol. The van der Waals surface area contributed by atoms with Crippen LogP contribution in [0.2, 0.25) is 0 Å². The van der Waals surface area contributed by atoms with Crippen molar-refractivity contribution in [2.45, 2.75) is 62.5 Å². The molecule has 5 heteroatoms. The van der Waals surface area contributed by atoms with E-state index in [-0.39, 0.29) is 0 Å². The lowest BCUT2D eigenvalue weighted by atomic mass is 9.84. The van der Waals surface area contributed by atoms with E-state index >= 15 is 0 Å². The first-order valence-electron chi connectivity index (χ1n) is 15.0. The molecule has 2 heterocycles. The number of hydrogen-bond acceptors (Lipinski definition) is 4. The summed E-state index contributed by atoms with van der Waals surface area (Å²) in [5, 5.41) is 21.5. The van der Waals surface area contributed by atoms with E-state index in [0.717, 1.165) is 71.2 Å². The molecule has 2 fully saturated rings. The van der Waals surface area contributed by atoms with Crippen molar-refractivity contribution >= 4 is 5.97 Å². The molecular weight excluding hydrogens is 496 g/mol. The van der Waals surface area contributed by atoms with Gasteiger partial charge in [-0.15, -0.1) is 0 Å². The van der Waals surface area contributed by atoms with Crippen LogP contribution in [0.5, 0.6) is 0 Å². The van der Waals surface area contributed by atoms with Gasteiger partial charge in [-0.3, -0.25) is 9.69 Å². The number of carboxylic acid groups (broad SMARTS) is 1. The zero-order chi connectivity index (χ0) is 27.8. The third-order valence-electron chi connectivity index (χ3n) is 9.20. The van der Waals surface area contributed by atoms with Crippen LogP contribution in [0.25, 0.3) is 0 Å². The highest BCUT2D eigenvalue weighted by atomic mass is 16.4. The molecule has 3 aromatic carbocycles. The van der Waals surface area contributed by atoms with Crippen molar-refractivity contribution in [3.05, 3.63) is 108 Å². The summed E-state index contributed by atoms with van der Waals surface area (Å²) in [5.74, 6) is -0.0429. The summed E-state index contributed by atoms with van der Waals surface area (Å²) in [6, 6.07) is 30.9. The summed E-state index contributed by atoms with van der Waals surface area (Å²) in [5.41, 5.74) is 3.26. The largest absolute Gasteiger partial charge is 0.480 e. The minimum absolute atomic E-state index is 0.312. The van der Waals surface area contributed by atoms with Crippen LogP contribution in [0.4, 0.5) is 0 Å². The summed E-state index contributed by atoms with van der Waals surface area (Å²) in [6.07, 6.45) is 5.87. The number of benzene rings is 3. The number of hydrogen-bond donors (Lipinski definition) is 2. The first-order valence-corrected chi connectivity index (χ1v) is 15.0. The van der Waals surface area contributed by atoms with Crippen LogP contribution >= 0.6 is 0 Å². The molecule has 0 aliphatic carbocycles. The van der Waals surface area contributed by atoms with E-state index in [2.05, 4.69) is 76.5 Å². The molecule has 5 rings (SSSR count). The Labute approximate surface area is 239 Å². The lowest BCUT2D eigenvalue weighted by Gasteiger charge is -2.40. The fourth-order valence-corrected chi connectivity index (χ4v) is 6.83. The number of aliphatic carboxylic acids is 1. The maximum Gasteiger partial charge on any atom is 0.320 e. The van der Waals surface area contributed by atoms with Crippen molar-refractivity contribution in [3.8, 4) is 0 Å². The Bertz CT molecular complexity index is 1180. The molecule has 1 unspecified atom stereocenters. The van der Waals surface area contributed by atoms with Crippen molar-refractivity contribution in [2.24, 2.45) is 5.92 Å². The molecule has 5 nitrogen and oxygen atoms in total. The fourth-order valence-electron chi connectivity index (χ4n) is 6.83. The van der Waals surface area contributed by atoms with Gasteiger partial charge in [0.2, 0.25) is 0 Å². The average Bonchev–Trinajstić information content (AvgIpc) is 3.39. The first kappa shape index (κ1) is 28.5. The molecule has 2 aliphatic heterocycles. The number of piperidine rings is 1. The maximum absolute atomic E-state index is 12.4. The molecule has 0 spiro atoms. The molecule has 2 N–H and O–H groups in total. The van der Waals surface area contributed by atoms with Crippen LogP contribution in [0, 0.1) is 5.92 Å². The highest BCUT2D eigenvalue weighted by molar-refractivity contribution is 5.73. The van der Waals surface area contributed by atoms with Crippen molar-refractivity contribution in [3.63, 3.8) is 0 Å². The molecule has 0 radical (unpaired) electrons. The predicted octanol–water partition coefficient (Wildman–Crippen LogP) is 5.64. The number of aliphatic hydroxyl groups is 1. The Morgan fingerprint density at radius 2 is 1.40 bits per heavy atom. The van der Waals surface area contributed by atoms with E-state index in [1.807, 2.05) is 24.3 Å². The van der Waals surface area contributed by atoms with E-state index in [0.29, 0.717) is 18.3 Å². The Balaban J connectivity index is 1.19. The summed E-state index contributed by atoms with van der Waals surface area (Å²) in [4.78, 5) is 17.1. The van der Waals surface area contributed by atoms with Crippen molar-refractivity contribution in [1.29, 1.82) is 0 Å². The van der Waals surface area contributed by atoms with E-state index in [1.54, 1.807) is 0 Å². The lowest BCUT2D eigenvalue weighted by molar-refractivity contribution is -0.143. The van der Waals surface area contributed by atoms with Crippen molar-refractivity contribution < 1.29 is 15.0 Å². The average molecular weight is 541 g/mol. The van der Waals surface area contributed by atoms with Crippen LogP contribution in [0.3, 0.4) is 0 Å². The van der Waals surface area contributed by atoms with E-state index in [9.17, 15) is 15.0 Å². The summed E-state index contributed by atoms with van der Waals surface area (Å²) < 4.78 is 0. The second-order valence-corrected chi connectivity index (χ2v) is 12.0. The molecule has 2 saturated heterocycles. The molecule has 3 aromatic rings. The quantitative estimate of drug-likeness (QED) is 0.311. The van der Waals surface area contributed by atoms with Gasteiger partial charge in [0.15, 0.2) is 0 Å². The highest BCUT2D eigenvalue weighted by Crippen LogP contribution is 2.36. The molecule has 2 aliphatic rings. The fraction of sp³-hybridized carbons (Fsp3) is 0.457. The minimum Gasteiger partial charge on any atom is -0.480 e. The Morgan fingerprint density at radius 1 is 0.825 bits per heavy atom. The third kappa shape index (κ3) is 7.60. The van der Waals surface area contributed by atoms with Crippen LogP contribution in [0.15, 0.2) is 91.0 Å². The SMILES string of the molecule is O=C(O)C(CCc1ccccc1)N1C[C@H](CN2CCC(O)(CCCc3ccccc3)CC2)[C@@H](c2ccccc2)C1. The zero-order valence-corrected chi connectivity index (χ0v) is 23.6. The van der Waals surface area contributed by atoms with Gasteiger partial charge in [0.05, 0.1) is 5.60 Å². The smallest absolute Gasteiger partial charge is 0.320 e. The lowest BCUT2D eigenvalue weighted by Crippen LogP contribution is -2.46. The van der Waals surface area contributed by atoms with Gasteiger partial charge in [-0.2, -0.15) is 0 Å². The molecule has 212 valence electrons. The van der Waals surface area contributed by atoms with Crippen molar-refractivity contribution in [1.82, 2.24) is 9.80 Å². The molecule has 40 heavy (non-hydrogen) atoms. The second kappa shape index (κ2) is 13.6. The number of likely N-dealkylation sites (tertiary alicyclic amines) is 2. The van der Waals surface area contributed by atoms with Gasteiger partial charge in [-0.05, 0) is 67.6 Å². The van der Waals surface area contributed by atoms with Gasteiger partial charge in [-0.1, -0.05) is 91.0 Å². The maximum atomic E-state index is 12.4. The molecular formula is C35H44N2O3. The normalized spacial score (nSPS) is 22.2. The van der Waals surface area contributed by atoms with E-state index in [1.165, 1.54) is 16.7 Å². The summed E-state index contributed by atoms with van der Waals surface area (Å²) in [7, 11) is 0. The van der Waals surface area contributed by atoms with Crippen LogP contribution in [0.1, 0.15) is 54.7 Å². The molecule has 0 saturated carbocycles. The number of aryl methyl sites for hydroxylation is 2. The number of carbonyl (C=O) groups is 1. The van der Waals surface area contributed by atoms with Crippen LogP contribution in [-0.2, 0) is 17.6 Å².